The molecule has 1 saturated heterocycles. The summed E-state index contributed by atoms with van der Waals surface area (Å²) in [7, 11) is 0. The van der Waals surface area contributed by atoms with Gasteiger partial charge in [0.25, 0.3) is 0 Å². The van der Waals surface area contributed by atoms with Gasteiger partial charge < -0.3 is 34.9 Å². The second kappa shape index (κ2) is 17.4. The van der Waals surface area contributed by atoms with Gasteiger partial charge >= 0.3 is 0 Å². The number of nitrogens with one attached hydrogen (secondary N) is 1. The van der Waals surface area contributed by atoms with Crippen LogP contribution in [0.4, 0.5) is 0 Å². The fourth-order valence-corrected chi connectivity index (χ4v) is 2.11. The van der Waals surface area contributed by atoms with E-state index in [1.54, 1.807) is 4.90 Å². The van der Waals surface area contributed by atoms with Gasteiger partial charge in [-0.3, -0.25) is 9.59 Å². The maximum atomic E-state index is 12.3. The van der Waals surface area contributed by atoms with E-state index in [-0.39, 0.29) is 30.8 Å². The third-order valence-electron chi connectivity index (χ3n) is 3.52. The minimum absolute atomic E-state index is 0. The van der Waals surface area contributed by atoms with Gasteiger partial charge in [0.1, 0.15) is 0 Å². The summed E-state index contributed by atoms with van der Waals surface area (Å²) in [4.78, 5) is 25.5. The van der Waals surface area contributed by atoms with Gasteiger partial charge in [-0.05, 0) is 13.0 Å². The highest BCUT2D eigenvalue weighted by atomic mass is 35.5. The Morgan fingerprint density at radius 2 is 1.31 bits per heavy atom. The van der Waals surface area contributed by atoms with Crippen molar-refractivity contribution in [2.24, 2.45) is 5.73 Å². The molecule has 3 N–H and O–H groups in total. The van der Waals surface area contributed by atoms with Crippen molar-refractivity contribution in [2.45, 2.75) is 12.8 Å². The van der Waals surface area contributed by atoms with Crippen LogP contribution < -0.4 is 11.1 Å². The van der Waals surface area contributed by atoms with E-state index in [0.29, 0.717) is 85.3 Å². The average Bonchev–Trinajstić information content (AvgIpc) is 2.63. The number of halogens is 1. The first-order chi connectivity index (χ1) is 12.2. The Hall–Kier alpha value is -0.970. The Morgan fingerprint density at radius 3 is 1.77 bits per heavy atom. The molecule has 0 saturated carbocycles. The van der Waals surface area contributed by atoms with Crippen molar-refractivity contribution in [3.05, 3.63) is 0 Å². The van der Waals surface area contributed by atoms with E-state index in [0.717, 1.165) is 0 Å². The molecule has 0 aliphatic carbocycles. The predicted molar refractivity (Wildman–Crippen MR) is 98.4 cm³/mol. The van der Waals surface area contributed by atoms with Gasteiger partial charge in [0.05, 0.1) is 59.4 Å². The molecule has 1 fully saturated rings. The van der Waals surface area contributed by atoms with Crippen LogP contribution in [0.25, 0.3) is 0 Å². The molecule has 0 unspecified atom stereocenters. The number of nitrogens with zero attached hydrogens (tertiary/aromatic N) is 1. The Kier molecular flexibility index (Phi) is 16.8. The van der Waals surface area contributed by atoms with Crippen LogP contribution in [0.1, 0.15) is 12.8 Å². The molecule has 0 spiro atoms. The smallest absolute Gasteiger partial charge is 0.242 e. The third kappa shape index (κ3) is 13.3. The molecule has 0 bridgehead atoms. The highest BCUT2D eigenvalue weighted by Crippen LogP contribution is 1.94. The maximum absolute atomic E-state index is 12.3. The molecule has 1 rings (SSSR count). The van der Waals surface area contributed by atoms with Gasteiger partial charge in [0, 0.05) is 19.5 Å². The molecule has 154 valence electrons. The number of ether oxygens (including phenoxy) is 4. The maximum Gasteiger partial charge on any atom is 0.242 e. The van der Waals surface area contributed by atoms with Gasteiger partial charge in [-0.2, -0.15) is 0 Å². The normalized spacial score (nSPS) is 18.1. The van der Waals surface area contributed by atoms with E-state index < -0.39 is 0 Å². The number of hydrogen-bond acceptors (Lipinski definition) is 7. The zero-order chi connectivity index (χ0) is 18.2. The average molecular weight is 398 g/mol. The number of hydrogen-bond donors (Lipinski definition) is 2. The molecule has 10 heteroatoms. The van der Waals surface area contributed by atoms with Crippen molar-refractivity contribution < 1.29 is 28.5 Å². The first-order valence-electron chi connectivity index (χ1n) is 8.79. The molecule has 26 heavy (non-hydrogen) atoms. The molecule has 1 aliphatic rings. The predicted octanol–water partition coefficient (Wildman–Crippen LogP) is -0.828. The SMILES string of the molecule is Cl.NCCCC(=O)NCC(=O)N1CCOCCOCCOCCOCC1. The minimum Gasteiger partial charge on any atom is -0.377 e. The molecular weight excluding hydrogens is 366 g/mol. The summed E-state index contributed by atoms with van der Waals surface area (Å²) in [5.74, 6) is -0.330. The number of carbonyl (C=O) groups excluding carboxylic acids is 2. The largest absolute Gasteiger partial charge is 0.377 e. The number of carbonyl (C=O) groups is 2. The van der Waals surface area contributed by atoms with Crippen LogP contribution in [0.3, 0.4) is 0 Å². The van der Waals surface area contributed by atoms with Crippen LogP contribution in [0.5, 0.6) is 0 Å². The molecule has 9 nitrogen and oxygen atoms in total. The first kappa shape index (κ1) is 25.0. The van der Waals surface area contributed by atoms with Crippen LogP contribution in [0.15, 0.2) is 0 Å². The lowest BCUT2D eigenvalue weighted by molar-refractivity contribution is -0.134. The first-order valence-corrected chi connectivity index (χ1v) is 8.79. The third-order valence-corrected chi connectivity index (χ3v) is 3.52. The summed E-state index contributed by atoms with van der Waals surface area (Å²) in [6.45, 7) is 5.09. The van der Waals surface area contributed by atoms with Gasteiger partial charge in [0.2, 0.25) is 11.8 Å². The van der Waals surface area contributed by atoms with E-state index >= 15 is 0 Å². The zero-order valence-corrected chi connectivity index (χ0v) is 16.1. The summed E-state index contributed by atoms with van der Waals surface area (Å²) in [5.41, 5.74) is 5.36. The standard InChI is InChI=1S/C16H31N3O6.ClH/c17-3-1-2-15(20)18-14-16(21)19-4-6-22-8-10-24-12-13-25-11-9-23-7-5-19;/h1-14,17H2,(H,18,20);1H. The summed E-state index contributed by atoms with van der Waals surface area (Å²) in [6.07, 6.45) is 0.936. The van der Waals surface area contributed by atoms with Crippen LogP contribution in [0.2, 0.25) is 0 Å². The second-order valence-electron chi connectivity index (χ2n) is 5.50. The van der Waals surface area contributed by atoms with Crippen LogP contribution >= 0.6 is 12.4 Å². The molecule has 0 aromatic carbocycles. The number of rotatable bonds is 5. The fraction of sp³-hybridized carbons (Fsp3) is 0.875. The molecule has 0 radical (unpaired) electrons. The quantitative estimate of drug-likeness (QED) is 0.622. The Bertz CT molecular complexity index is 360. The van der Waals surface area contributed by atoms with Crippen molar-refractivity contribution >= 4 is 24.2 Å². The summed E-state index contributed by atoms with van der Waals surface area (Å²) in [6, 6.07) is 0. The van der Waals surface area contributed by atoms with Gasteiger partial charge in [-0.25, -0.2) is 0 Å². The Labute approximate surface area is 161 Å². The van der Waals surface area contributed by atoms with E-state index in [4.69, 9.17) is 24.7 Å². The van der Waals surface area contributed by atoms with Gasteiger partial charge in [0.15, 0.2) is 0 Å². The Morgan fingerprint density at radius 1 is 0.846 bits per heavy atom. The molecule has 0 atom stereocenters. The van der Waals surface area contributed by atoms with E-state index in [1.165, 1.54) is 0 Å². The number of nitrogens with two attached hydrogens (primary N) is 1. The van der Waals surface area contributed by atoms with E-state index in [9.17, 15) is 9.59 Å². The van der Waals surface area contributed by atoms with Crippen molar-refractivity contribution in [3.8, 4) is 0 Å². The van der Waals surface area contributed by atoms with Gasteiger partial charge in [-0.1, -0.05) is 0 Å². The van der Waals surface area contributed by atoms with E-state index in [2.05, 4.69) is 5.32 Å². The van der Waals surface area contributed by atoms with Crippen LogP contribution in [0, 0.1) is 0 Å². The molecule has 0 aromatic heterocycles. The molecular formula is C16H32ClN3O6. The summed E-state index contributed by atoms with van der Waals surface area (Å²) in [5, 5.41) is 2.62. The van der Waals surface area contributed by atoms with Crippen LogP contribution in [-0.4, -0.2) is 95.7 Å². The van der Waals surface area contributed by atoms with E-state index in [1.807, 2.05) is 0 Å². The lowest BCUT2D eigenvalue weighted by Gasteiger charge is -2.23. The van der Waals surface area contributed by atoms with Crippen molar-refractivity contribution in [3.63, 3.8) is 0 Å². The monoisotopic (exact) mass is 397 g/mol. The lowest BCUT2D eigenvalue weighted by Crippen LogP contribution is -2.43. The van der Waals surface area contributed by atoms with Crippen LogP contribution in [-0.2, 0) is 28.5 Å². The van der Waals surface area contributed by atoms with Gasteiger partial charge in [-0.15, -0.1) is 12.4 Å². The topological polar surface area (TPSA) is 112 Å². The molecule has 0 aromatic rings. The molecule has 1 aliphatic heterocycles. The minimum atomic E-state index is -0.168. The van der Waals surface area contributed by atoms with Crippen molar-refractivity contribution in [1.82, 2.24) is 10.2 Å². The zero-order valence-electron chi connectivity index (χ0n) is 15.3. The number of amides is 2. The Balaban J connectivity index is 0.00000625. The highest BCUT2D eigenvalue weighted by molar-refractivity contribution is 5.85. The highest BCUT2D eigenvalue weighted by Gasteiger charge is 2.14. The molecule has 1 heterocycles. The van der Waals surface area contributed by atoms with Crippen molar-refractivity contribution in [1.29, 1.82) is 0 Å². The fourth-order valence-electron chi connectivity index (χ4n) is 2.11. The second-order valence-corrected chi connectivity index (χ2v) is 5.50. The van der Waals surface area contributed by atoms with Crippen molar-refractivity contribution in [2.75, 3.05) is 79.0 Å². The summed E-state index contributed by atoms with van der Waals surface area (Å²) < 4.78 is 21.6. The lowest BCUT2D eigenvalue weighted by atomic mass is 10.3. The molecule has 2 amide bonds. The summed E-state index contributed by atoms with van der Waals surface area (Å²) >= 11 is 0.